The van der Waals surface area contributed by atoms with Gasteiger partial charge in [0.15, 0.2) is 5.13 Å². The number of nitrogens with one attached hydrogen (secondary N) is 2. The third-order valence-corrected chi connectivity index (χ3v) is 7.07. The Labute approximate surface area is 203 Å². The topological polar surface area (TPSA) is 75.1 Å². The molecule has 1 amide bonds. The van der Waals surface area contributed by atoms with Gasteiger partial charge in [0.2, 0.25) is 5.95 Å². The molecule has 0 bridgehead atoms. The Balaban J connectivity index is 1.26. The van der Waals surface area contributed by atoms with Crippen LogP contribution < -0.4 is 10.6 Å². The van der Waals surface area contributed by atoms with Gasteiger partial charge in [-0.15, -0.1) is 0 Å². The molecule has 1 aliphatic heterocycles. The number of aromatic nitrogens is 3. The van der Waals surface area contributed by atoms with Gasteiger partial charge in [-0.05, 0) is 49.4 Å². The number of fused-ring (bicyclic) bond motifs is 2. The lowest BCUT2D eigenvalue weighted by Crippen LogP contribution is -2.45. The third-order valence-electron chi connectivity index (χ3n) is 5.90. The molecule has 7 nitrogen and oxygen atoms in total. The molecule has 5 rings (SSSR count). The van der Waals surface area contributed by atoms with E-state index < -0.39 is 5.92 Å². The number of likely N-dealkylation sites (tertiary alicyclic amines) is 1. The van der Waals surface area contributed by atoms with E-state index in [4.69, 9.17) is 11.6 Å². The third kappa shape index (κ3) is 4.84. The molecule has 0 atom stereocenters. The van der Waals surface area contributed by atoms with Crippen molar-refractivity contribution in [3.8, 4) is 0 Å². The Hall–Kier alpha value is -2.82. The maximum absolute atomic E-state index is 13.5. The van der Waals surface area contributed by atoms with E-state index in [9.17, 15) is 13.6 Å². The maximum Gasteiger partial charge on any atom is 0.260 e. The molecule has 1 saturated heterocycles. The number of piperidine rings is 1. The van der Waals surface area contributed by atoms with E-state index >= 15 is 0 Å². The van der Waals surface area contributed by atoms with Gasteiger partial charge in [0, 0.05) is 37.1 Å². The van der Waals surface area contributed by atoms with Crippen molar-refractivity contribution < 1.29 is 13.6 Å². The molecule has 1 fully saturated rings. The van der Waals surface area contributed by atoms with E-state index in [2.05, 4.69) is 20.6 Å². The van der Waals surface area contributed by atoms with Crippen LogP contribution >= 0.6 is 22.9 Å². The number of benzene rings is 2. The molecule has 2 aromatic heterocycles. The number of rotatable bonds is 6. The van der Waals surface area contributed by atoms with Crippen LogP contribution in [-0.4, -0.2) is 57.4 Å². The molecule has 0 spiro atoms. The lowest BCUT2D eigenvalue weighted by atomic mass is 10.1. The number of aryl methyl sites for hydroxylation is 1. The van der Waals surface area contributed by atoms with Crippen LogP contribution in [0, 0.1) is 0 Å². The Morgan fingerprint density at radius 1 is 1.21 bits per heavy atom. The molecule has 0 unspecified atom stereocenters. The minimum absolute atomic E-state index is 0.0654. The van der Waals surface area contributed by atoms with Gasteiger partial charge >= 0.3 is 0 Å². The predicted molar refractivity (Wildman–Crippen MR) is 132 cm³/mol. The molecule has 34 heavy (non-hydrogen) atoms. The monoisotopic (exact) mass is 504 g/mol. The number of imidazole rings is 1. The fourth-order valence-corrected chi connectivity index (χ4v) is 5.30. The Morgan fingerprint density at radius 3 is 2.88 bits per heavy atom. The molecule has 2 aromatic carbocycles. The fraction of sp³-hybridized carbons (Fsp3) is 0.348. The van der Waals surface area contributed by atoms with E-state index in [1.54, 1.807) is 23.1 Å². The number of carbonyl (C=O) groups excluding carboxylic acids is 1. The number of hydrogen-bond acceptors (Lipinski definition) is 6. The van der Waals surface area contributed by atoms with Crippen LogP contribution in [0.1, 0.15) is 23.2 Å². The first kappa shape index (κ1) is 22.9. The Kier molecular flexibility index (Phi) is 6.13. The summed E-state index contributed by atoms with van der Waals surface area (Å²) in [6, 6.07) is 10.8. The Morgan fingerprint density at radius 2 is 2.06 bits per heavy atom. The molecular weight excluding hydrogens is 482 g/mol. The summed E-state index contributed by atoms with van der Waals surface area (Å²) in [5, 5.41) is 7.42. The normalized spacial score (nSPS) is 16.2. The average Bonchev–Trinajstić information content (AvgIpc) is 3.32. The summed E-state index contributed by atoms with van der Waals surface area (Å²) in [5.41, 5.74) is 2.84. The lowest BCUT2D eigenvalue weighted by molar-refractivity contribution is -0.0632. The number of alkyl halides is 2. The molecule has 2 N–H and O–H groups in total. The van der Waals surface area contributed by atoms with E-state index in [0.717, 1.165) is 15.7 Å². The molecule has 1 aliphatic rings. The maximum atomic E-state index is 13.5. The zero-order valence-electron chi connectivity index (χ0n) is 18.4. The zero-order chi connectivity index (χ0) is 23.9. The first-order valence-corrected chi connectivity index (χ1v) is 12.1. The molecule has 11 heteroatoms. The van der Waals surface area contributed by atoms with Crippen LogP contribution in [0.2, 0.25) is 5.02 Å². The van der Waals surface area contributed by atoms with E-state index in [1.807, 2.05) is 29.8 Å². The molecule has 0 radical (unpaired) electrons. The summed E-state index contributed by atoms with van der Waals surface area (Å²) >= 11 is 7.55. The van der Waals surface area contributed by atoms with E-state index in [0.29, 0.717) is 53.2 Å². The standard InChI is InChI=1S/C23H23ClF2N6OS/c1-31-18-6-3-14(20(33)27-8-10-32-9-2-7-23(25,26)13-32)11-17(18)28-21(31)30-22-29-16-5-4-15(24)12-19(16)34-22/h3-6,11-12H,2,7-10,13H2,1H3,(H,27,33)(H,28,29,30). The highest BCUT2D eigenvalue weighted by Gasteiger charge is 2.34. The fourth-order valence-electron chi connectivity index (χ4n) is 4.17. The summed E-state index contributed by atoms with van der Waals surface area (Å²) in [6.07, 6.45) is 0.405. The van der Waals surface area contributed by atoms with Crippen LogP contribution in [0.4, 0.5) is 19.9 Å². The number of nitrogens with zero attached hydrogens (tertiary/aromatic N) is 4. The van der Waals surface area contributed by atoms with Gasteiger partial charge in [0.05, 0.1) is 27.8 Å². The second-order valence-electron chi connectivity index (χ2n) is 8.45. The first-order chi connectivity index (χ1) is 16.3. The number of carbonyl (C=O) groups is 1. The average molecular weight is 505 g/mol. The first-order valence-electron chi connectivity index (χ1n) is 11.0. The van der Waals surface area contributed by atoms with Crippen molar-refractivity contribution in [2.45, 2.75) is 18.8 Å². The number of thiazole rings is 1. The van der Waals surface area contributed by atoms with Gasteiger partial charge in [0.1, 0.15) is 0 Å². The van der Waals surface area contributed by atoms with Crippen LogP contribution in [0.3, 0.4) is 0 Å². The van der Waals surface area contributed by atoms with E-state index in [1.165, 1.54) is 11.3 Å². The Bertz CT molecular complexity index is 1370. The summed E-state index contributed by atoms with van der Waals surface area (Å²) in [6.45, 7) is 1.08. The highest BCUT2D eigenvalue weighted by atomic mass is 35.5. The highest BCUT2D eigenvalue weighted by molar-refractivity contribution is 7.22. The number of halogens is 3. The molecule has 4 aromatic rings. The van der Waals surface area contributed by atoms with Gasteiger partial charge in [-0.2, -0.15) is 0 Å². The molecule has 0 saturated carbocycles. The minimum atomic E-state index is -2.64. The van der Waals surface area contributed by atoms with E-state index in [-0.39, 0.29) is 18.9 Å². The number of anilines is 2. The summed E-state index contributed by atoms with van der Waals surface area (Å²) in [7, 11) is 1.88. The largest absolute Gasteiger partial charge is 0.351 e. The van der Waals surface area contributed by atoms with Crippen molar-refractivity contribution in [1.29, 1.82) is 0 Å². The van der Waals surface area contributed by atoms with Crippen LogP contribution in [0.25, 0.3) is 21.3 Å². The van der Waals surface area contributed by atoms with Crippen LogP contribution in [0.15, 0.2) is 36.4 Å². The van der Waals surface area contributed by atoms with Crippen molar-refractivity contribution in [3.63, 3.8) is 0 Å². The number of hydrogen-bond donors (Lipinski definition) is 2. The van der Waals surface area contributed by atoms with Gasteiger partial charge < -0.3 is 15.2 Å². The van der Waals surface area contributed by atoms with Crippen molar-refractivity contribution in [1.82, 2.24) is 24.8 Å². The molecule has 3 heterocycles. The summed E-state index contributed by atoms with van der Waals surface area (Å²) in [4.78, 5) is 23.5. The van der Waals surface area contributed by atoms with Crippen molar-refractivity contribution in [3.05, 3.63) is 47.0 Å². The van der Waals surface area contributed by atoms with Crippen LogP contribution in [-0.2, 0) is 7.05 Å². The van der Waals surface area contributed by atoms with Crippen molar-refractivity contribution >= 4 is 61.2 Å². The van der Waals surface area contributed by atoms with Crippen LogP contribution in [0.5, 0.6) is 0 Å². The summed E-state index contributed by atoms with van der Waals surface area (Å²) < 4.78 is 30.0. The quantitative estimate of drug-likeness (QED) is 0.385. The molecule has 0 aliphatic carbocycles. The highest BCUT2D eigenvalue weighted by Crippen LogP contribution is 2.31. The zero-order valence-corrected chi connectivity index (χ0v) is 20.0. The van der Waals surface area contributed by atoms with Gasteiger partial charge in [-0.3, -0.25) is 9.69 Å². The minimum Gasteiger partial charge on any atom is -0.351 e. The van der Waals surface area contributed by atoms with Gasteiger partial charge in [-0.25, -0.2) is 18.7 Å². The second kappa shape index (κ2) is 9.09. The number of amides is 1. The summed E-state index contributed by atoms with van der Waals surface area (Å²) in [5.74, 6) is -2.30. The predicted octanol–water partition coefficient (Wildman–Crippen LogP) is 5.04. The smallest absolute Gasteiger partial charge is 0.260 e. The van der Waals surface area contributed by atoms with Gasteiger partial charge in [-0.1, -0.05) is 22.9 Å². The SMILES string of the molecule is Cn1c(Nc2nc3ccc(Cl)cc3s2)nc2cc(C(=O)NCCN3CCCC(F)(F)C3)ccc21. The van der Waals surface area contributed by atoms with Gasteiger partial charge in [0.25, 0.3) is 11.8 Å². The van der Waals surface area contributed by atoms with Crippen molar-refractivity contribution in [2.75, 3.05) is 31.5 Å². The molecular formula is C23H23ClF2N6OS. The lowest BCUT2D eigenvalue weighted by Gasteiger charge is -2.32. The second-order valence-corrected chi connectivity index (χ2v) is 9.91. The molecule has 178 valence electrons. The van der Waals surface area contributed by atoms with Crippen molar-refractivity contribution in [2.24, 2.45) is 7.05 Å².